The second kappa shape index (κ2) is 11.3. The molecule has 2 amide bonds. The van der Waals surface area contributed by atoms with E-state index in [-0.39, 0.29) is 38.0 Å². The van der Waals surface area contributed by atoms with Crippen LogP contribution in [0.4, 0.5) is 21.0 Å². The highest BCUT2D eigenvalue weighted by molar-refractivity contribution is 7.18. The molecule has 1 atom stereocenters. The van der Waals surface area contributed by atoms with Crippen LogP contribution in [0, 0.1) is 5.82 Å². The van der Waals surface area contributed by atoms with Crippen molar-refractivity contribution in [3.63, 3.8) is 0 Å². The number of nitrogen functional groups attached to an aromatic ring is 1. The molecule has 0 aliphatic rings. The smallest absolute Gasteiger partial charge is 0.251 e. The number of primary amides is 1. The average Bonchev–Trinajstić information content (AvgIpc) is 3.21. The summed E-state index contributed by atoms with van der Waals surface area (Å²) in [5.74, 6) is -2.18. The standard InChI is InChI=1S/C23H23ClFN5O4S/c1-12(21(27)32)30(15-7-8-16(24)17(25)11-15)23-29-20(26)19(35-23)18(31)13-3-5-14(6-4-13)22(33)28-9-10-34-2/h3-8,11-12H,9-10,26H2,1-2H3,(H2,27,32)(H,28,33)/t12-/m1/s1. The number of hydrogen-bond acceptors (Lipinski definition) is 8. The third-order valence-corrected chi connectivity index (χ3v) is 6.41. The maximum atomic E-state index is 14.1. The van der Waals surface area contributed by atoms with E-state index in [2.05, 4.69) is 10.3 Å². The molecule has 5 N–H and O–H groups in total. The molecule has 184 valence electrons. The van der Waals surface area contributed by atoms with Gasteiger partial charge in [0.15, 0.2) is 5.13 Å². The third-order valence-electron chi connectivity index (χ3n) is 5.04. The highest BCUT2D eigenvalue weighted by Crippen LogP contribution is 2.36. The summed E-state index contributed by atoms with van der Waals surface area (Å²) in [5, 5.41) is 2.77. The monoisotopic (exact) mass is 519 g/mol. The van der Waals surface area contributed by atoms with Crippen LogP contribution in [0.3, 0.4) is 0 Å². The van der Waals surface area contributed by atoms with Gasteiger partial charge in [0.1, 0.15) is 22.6 Å². The van der Waals surface area contributed by atoms with E-state index >= 15 is 0 Å². The molecule has 2 aromatic carbocycles. The molecule has 0 saturated heterocycles. The van der Waals surface area contributed by atoms with Gasteiger partial charge in [-0.1, -0.05) is 35.1 Å². The lowest BCUT2D eigenvalue weighted by molar-refractivity contribution is -0.118. The number of thiazole rings is 1. The highest BCUT2D eigenvalue weighted by atomic mass is 35.5. The Kier molecular flexibility index (Phi) is 8.39. The minimum Gasteiger partial charge on any atom is -0.383 e. The Morgan fingerprint density at radius 2 is 1.86 bits per heavy atom. The van der Waals surface area contributed by atoms with E-state index in [0.717, 1.165) is 17.4 Å². The number of ether oxygens (including phenoxy) is 1. The predicted molar refractivity (Wildman–Crippen MR) is 133 cm³/mol. The number of aromatic nitrogens is 1. The molecule has 0 aliphatic carbocycles. The third kappa shape index (κ3) is 5.94. The van der Waals surface area contributed by atoms with E-state index in [1.54, 1.807) is 0 Å². The Labute approximate surface area is 209 Å². The summed E-state index contributed by atoms with van der Waals surface area (Å²) < 4.78 is 19.0. The van der Waals surface area contributed by atoms with Gasteiger partial charge in [0.25, 0.3) is 5.91 Å². The SMILES string of the molecule is COCCNC(=O)c1ccc(C(=O)c2sc(N(c3ccc(Cl)c(F)c3)[C@H](C)C(N)=O)nc2N)cc1. The predicted octanol–water partition coefficient (Wildman–Crippen LogP) is 3.14. The number of anilines is 3. The zero-order chi connectivity index (χ0) is 25.7. The minimum absolute atomic E-state index is 0.0625. The maximum absolute atomic E-state index is 14.1. The summed E-state index contributed by atoms with van der Waals surface area (Å²) in [6.45, 7) is 2.25. The average molecular weight is 520 g/mol. The molecular weight excluding hydrogens is 497 g/mol. The van der Waals surface area contributed by atoms with Crippen LogP contribution in [0.2, 0.25) is 5.02 Å². The molecular formula is C23H23ClFN5O4S. The van der Waals surface area contributed by atoms with Crippen molar-refractivity contribution in [2.45, 2.75) is 13.0 Å². The molecule has 0 fully saturated rings. The first-order valence-electron chi connectivity index (χ1n) is 10.4. The van der Waals surface area contributed by atoms with E-state index in [1.165, 1.54) is 55.3 Å². The number of nitrogens with two attached hydrogens (primary N) is 2. The molecule has 0 saturated carbocycles. The molecule has 3 rings (SSSR count). The van der Waals surface area contributed by atoms with Crippen LogP contribution < -0.4 is 21.7 Å². The van der Waals surface area contributed by atoms with Crippen molar-refractivity contribution in [2.24, 2.45) is 5.73 Å². The fourth-order valence-corrected chi connectivity index (χ4v) is 4.29. The molecule has 1 heterocycles. The second-order valence-corrected chi connectivity index (χ2v) is 8.80. The summed E-state index contributed by atoms with van der Waals surface area (Å²) in [6, 6.07) is 9.09. The number of rotatable bonds is 10. The molecule has 0 bridgehead atoms. The van der Waals surface area contributed by atoms with E-state index in [0.29, 0.717) is 18.7 Å². The van der Waals surface area contributed by atoms with Crippen LogP contribution >= 0.6 is 22.9 Å². The lowest BCUT2D eigenvalue weighted by Gasteiger charge is -2.26. The molecule has 0 unspecified atom stereocenters. The molecule has 3 aromatic rings. The summed E-state index contributed by atoms with van der Waals surface area (Å²) in [5.41, 5.74) is 12.4. The number of benzene rings is 2. The Bertz CT molecular complexity index is 1250. The number of halogens is 2. The number of amides is 2. The van der Waals surface area contributed by atoms with Crippen LogP contribution in [0.15, 0.2) is 42.5 Å². The number of carbonyl (C=O) groups excluding carboxylic acids is 3. The van der Waals surface area contributed by atoms with Crippen LogP contribution in [0.5, 0.6) is 0 Å². The van der Waals surface area contributed by atoms with E-state index in [4.69, 9.17) is 27.8 Å². The molecule has 9 nitrogen and oxygen atoms in total. The first-order valence-corrected chi connectivity index (χ1v) is 11.5. The summed E-state index contributed by atoms with van der Waals surface area (Å²) in [4.78, 5) is 43.0. The van der Waals surface area contributed by atoms with Crippen molar-refractivity contribution in [1.82, 2.24) is 10.3 Å². The molecule has 12 heteroatoms. The zero-order valence-electron chi connectivity index (χ0n) is 18.9. The van der Waals surface area contributed by atoms with Crippen molar-refractivity contribution in [3.05, 3.63) is 69.3 Å². The quantitative estimate of drug-likeness (QED) is 0.276. The molecule has 35 heavy (non-hydrogen) atoms. The molecule has 0 radical (unpaired) electrons. The first kappa shape index (κ1) is 26.1. The summed E-state index contributed by atoms with van der Waals surface area (Å²) >= 11 is 6.71. The van der Waals surface area contributed by atoms with Crippen molar-refractivity contribution in [2.75, 3.05) is 30.9 Å². The van der Waals surface area contributed by atoms with E-state index in [1.807, 2.05) is 0 Å². The Morgan fingerprint density at radius 3 is 2.46 bits per heavy atom. The van der Waals surface area contributed by atoms with Gasteiger partial charge < -0.3 is 26.4 Å². The number of nitrogens with zero attached hydrogens (tertiary/aromatic N) is 2. The van der Waals surface area contributed by atoms with Gasteiger partial charge in [0, 0.05) is 30.5 Å². The lowest BCUT2D eigenvalue weighted by Crippen LogP contribution is -2.40. The minimum atomic E-state index is -0.931. The molecule has 1 aromatic heterocycles. The highest BCUT2D eigenvalue weighted by Gasteiger charge is 2.28. The van der Waals surface area contributed by atoms with Crippen LogP contribution in [0.1, 0.15) is 32.5 Å². The number of nitrogens with one attached hydrogen (secondary N) is 1. The second-order valence-electron chi connectivity index (χ2n) is 7.41. The summed E-state index contributed by atoms with van der Waals surface area (Å²) in [7, 11) is 1.53. The van der Waals surface area contributed by atoms with Gasteiger partial charge in [-0.3, -0.25) is 14.4 Å². The van der Waals surface area contributed by atoms with Gasteiger partial charge >= 0.3 is 0 Å². The van der Waals surface area contributed by atoms with Gasteiger partial charge in [-0.15, -0.1) is 0 Å². The fourth-order valence-electron chi connectivity index (χ4n) is 3.12. The van der Waals surface area contributed by atoms with E-state index < -0.39 is 23.5 Å². The fraction of sp³-hybridized carbons (Fsp3) is 0.217. The van der Waals surface area contributed by atoms with Gasteiger partial charge in [-0.25, -0.2) is 9.37 Å². The largest absolute Gasteiger partial charge is 0.383 e. The topological polar surface area (TPSA) is 141 Å². The number of methoxy groups -OCH3 is 1. The lowest BCUT2D eigenvalue weighted by atomic mass is 10.1. The Morgan fingerprint density at radius 1 is 1.20 bits per heavy atom. The summed E-state index contributed by atoms with van der Waals surface area (Å²) in [6.07, 6.45) is 0. The van der Waals surface area contributed by atoms with E-state index in [9.17, 15) is 18.8 Å². The molecule has 0 aliphatic heterocycles. The van der Waals surface area contributed by atoms with Crippen molar-refractivity contribution in [3.8, 4) is 0 Å². The van der Waals surface area contributed by atoms with Crippen molar-refractivity contribution in [1.29, 1.82) is 0 Å². The van der Waals surface area contributed by atoms with Gasteiger partial charge in [0.2, 0.25) is 11.7 Å². The van der Waals surface area contributed by atoms with Crippen molar-refractivity contribution >= 4 is 57.2 Å². The number of carbonyl (C=O) groups is 3. The maximum Gasteiger partial charge on any atom is 0.251 e. The molecule has 0 spiro atoms. The zero-order valence-corrected chi connectivity index (χ0v) is 20.5. The number of hydrogen-bond donors (Lipinski definition) is 3. The van der Waals surface area contributed by atoms with Crippen LogP contribution in [-0.4, -0.2) is 48.9 Å². The van der Waals surface area contributed by atoms with Crippen molar-refractivity contribution < 1.29 is 23.5 Å². The van der Waals surface area contributed by atoms with Gasteiger partial charge in [-0.2, -0.15) is 0 Å². The van der Waals surface area contributed by atoms with Crippen LogP contribution in [-0.2, 0) is 9.53 Å². The van der Waals surface area contributed by atoms with Crippen LogP contribution in [0.25, 0.3) is 0 Å². The Balaban J connectivity index is 1.90. The normalized spacial score (nSPS) is 11.7. The first-order chi connectivity index (χ1) is 16.6. The van der Waals surface area contributed by atoms with Gasteiger partial charge in [0.05, 0.1) is 11.6 Å². The Hall–Kier alpha value is -3.54. The number of ketones is 1. The van der Waals surface area contributed by atoms with Gasteiger partial charge in [-0.05, 0) is 37.3 Å².